The second-order valence-electron chi connectivity index (χ2n) is 15.1. The Balaban J connectivity index is 0.750. The van der Waals surface area contributed by atoms with Crippen LogP contribution in [0.25, 0.3) is 11.1 Å². The summed E-state index contributed by atoms with van der Waals surface area (Å²) < 4.78 is 12.3. The summed E-state index contributed by atoms with van der Waals surface area (Å²) in [5.74, 6) is 2.27. The Morgan fingerprint density at radius 1 is 0.702 bits per heavy atom. The number of piperidine rings is 2. The Labute approximate surface area is 339 Å². The minimum Gasteiger partial charge on any atom is -0.490 e. The lowest BCUT2D eigenvalue weighted by Crippen LogP contribution is -2.41. The molecular formula is C49H49N3O4S. The van der Waals surface area contributed by atoms with E-state index in [0.717, 1.165) is 83.0 Å². The summed E-state index contributed by atoms with van der Waals surface area (Å²) in [5.41, 5.74) is 8.39. The number of thiophene rings is 1. The number of carbonyl (C=O) groups is 2. The Bertz CT molecular complexity index is 2220. The van der Waals surface area contributed by atoms with Crippen LogP contribution in [0.1, 0.15) is 73.9 Å². The van der Waals surface area contributed by atoms with E-state index in [1.54, 1.807) is 11.3 Å². The lowest BCUT2D eigenvalue weighted by molar-refractivity contribution is 0.0595. The lowest BCUT2D eigenvalue weighted by Gasteiger charge is -2.33. The molecular weight excluding hydrogens is 727 g/mol. The van der Waals surface area contributed by atoms with Crippen molar-refractivity contribution in [1.82, 2.24) is 10.2 Å². The molecule has 2 fully saturated rings. The molecule has 0 unspecified atom stereocenters. The molecule has 0 spiro atoms. The largest absolute Gasteiger partial charge is 0.490 e. The van der Waals surface area contributed by atoms with E-state index in [9.17, 15) is 9.59 Å². The van der Waals surface area contributed by atoms with E-state index in [4.69, 9.17) is 9.47 Å². The molecule has 1 aromatic heterocycles. The van der Waals surface area contributed by atoms with Crippen molar-refractivity contribution in [1.29, 1.82) is 0 Å². The van der Waals surface area contributed by atoms with Gasteiger partial charge in [-0.3, -0.25) is 9.59 Å². The van der Waals surface area contributed by atoms with Gasteiger partial charge in [0.15, 0.2) is 0 Å². The van der Waals surface area contributed by atoms with E-state index >= 15 is 0 Å². The van der Waals surface area contributed by atoms with Gasteiger partial charge in [0.05, 0.1) is 6.54 Å². The topological polar surface area (TPSA) is 71.1 Å². The van der Waals surface area contributed by atoms with Crippen LogP contribution in [-0.2, 0) is 13.2 Å². The van der Waals surface area contributed by atoms with Gasteiger partial charge < -0.3 is 24.6 Å². The highest BCUT2D eigenvalue weighted by Gasteiger charge is 2.25. The number of ether oxygens (including phenoxy) is 2. The minimum atomic E-state index is -0.0730. The quantitative estimate of drug-likeness (QED) is 0.134. The third kappa shape index (κ3) is 9.76. The number of carbonyl (C=O) groups excluding carboxylic acids is 2. The van der Waals surface area contributed by atoms with Gasteiger partial charge in [0, 0.05) is 66.1 Å². The maximum Gasteiger partial charge on any atom is 0.253 e. The molecule has 8 rings (SSSR count). The van der Waals surface area contributed by atoms with Crippen molar-refractivity contribution >= 4 is 28.8 Å². The molecule has 5 aromatic carbocycles. The van der Waals surface area contributed by atoms with E-state index in [1.807, 2.05) is 109 Å². The van der Waals surface area contributed by atoms with Crippen LogP contribution in [0.4, 0.5) is 5.69 Å². The number of nitrogens with zero attached hydrogens (tertiary/aromatic N) is 2. The molecule has 2 aliphatic heterocycles. The monoisotopic (exact) mass is 775 g/mol. The van der Waals surface area contributed by atoms with Gasteiger partial charge in [0.1, 0.15) is 24.2 Å². The van der Waals surface area contributed by atoms with Crippen molar-refractivity contribution in [2.75, 3.05) is 31.1 Å². The fraction of sp³-hybridized carbons (Fsp3) is 0.265. The molecule has 0 saturated carbocycles. The first-order valence-corrected chi connectivity index (χ1v) is 20.9. The van der Waals surface area contributed by atoms with Crippen molar-refractivity contribution < 1.29 is 19.1 Å². The Morgan fingerprint density at radius 3 is 2.02 bits per heavy atom. The maximum absolute atomic E-state index is 13.0. The molecule has 8 heteroatoms. The number of rotatable bonds is 12. The predicted octanol–water partition coefficient (Wildman–Crippen LogP) is 10.3. The summed E-state index contributed by atoms with van der Waals surface area (Å²) in [6.07, 6.45) is 4.03. The molecule has 1 N–H and O–H groups in total. The molecule has 0 bridgehead atoms. The van der Waals surface area contributed by atoms with Gasteiger partial charge in [-0.2, -0.15) is 0 Å². The Kier molecular flexibility index (Phi) is 12.0. The van der Waals surface area contributed by atoms with Crippen molar-refractivity contribution in [3.8, 4) is 22.6 Å². The zero-order valence-corrected chi connectivity index (χ0v) is 33.3. The highest BCUT2D eigenvalue weighted by Crippen LogP contribution is 2.32. The first kappa shape index (κ1) is 38.0. The molecule has 0 atom stereocenters. The second-order valence-corrected chi connectivity index (χ2v) is 16.1. The number of hydrogen-bond donors (Lipinski definition) is 1. The first-order valence-electron chi connectivity index (χ1n) is 20.0. The third-order valence-corrected chi connectivity index (χ3v) is 12.1. The molecule has 0 radical (unpaired) electrons. The van der Waals surface area contributed by atoms with E-state index in [2.05, 4.69) is 52.0 Å². The summed E-state index contributed by atoms with van der Waals surface area (Å²) in [6, 6.07) is 44.7. The fourth-order valence-corrected chi connectivity index (χ4v) is 8.56. The van der Waals surface area contributed by atoms with E-state index in [1.165, 1.54) is 11.3 Å². The zero-order chi connectivity index (χ0) is 39.0. The zero-order valence-electron chi connectivity index (χ0n) is 32.4. The molecule has 6 aromatic rings. The average Bonchev–Trinajstić information content (AvgIpc) is 3.75. The van der Waals surface area contributed by atoms with E-state index in [0.29, 0.717) is 37.7 Å². The fourth-order valence-electron chi connectivity index (χ4n) is 7.73. The SMILES string of the molecule is Cc1ccc(C(=O)N2CCC(Oc3ccc(COc4ccc(-c5ccc(C(=O)NCc6cc(N7CCC(c8ccccc8)CC7)cs6)cc5)cc4)cc3)CC2)cc1. The summed E-state index contributed by atoms with van der Waals surface area (Å²) in [6.45, 7) is 6.49. The van der Waals surface area contributed by atoms with E-state index < -0.39 is 0 Å². The average molecular weight is 776 g/mol. The van der Waals surface area contributed by atoms with Gasteiger partial charge in [0.2, 0.25) is 0 Å². The molecule has 0 aliphatic carbocycles. The molecule has 57 heavy (non-hydrogen) atoms. The molecule has 2 aliphatic rings. The standard InChI is InChI=1S/C49H49N3O4S/c1-35-7-11-42(12-8-35)49(54)52-29-25-46(26-30-52)56-45-19-9-36(10-20-45)33-55-44-21-17-39(18-22-44)38-13-15-41(16-14-38)48(53)50-32-47-31-43(34-57-47)51-27-23-40(24-28-51)37-5-3-2-4-6-37/h2-22,31,34,40,46H,23-30,32-33H2,1H3,(H,50,53). The van der Waals surface area contributed by atoms with Crippen LogP contribution in [0, 0.1) is 6.92 Å². The number of amides is 2. The van der Waals surface area contributed by atoms with Crippen LogP contribution < -0.4 is 19.7 Å². The highest BCUT2D eigenvalue weighted by atomic mass is 32.1. The summed E-state index contributed by atoms with van der Waals surface area (Å²) in [4.78, 5) is 31.4. The van der Waals surface area contributed by atoms with Crippen LogP contribution in [-0.4, -0.2) is 49.0 Å². The number of nitrogens with one attached hydrogen (secondary N) is 1. The molecule has 2 amide bonds. The van der Waals surface area contributed by atoms with Crippen LogP contribution in [0.5, 0.6) is 11.5 Å². The van der Waals surface area contributed by atoms with Crippen LogP contribution in [0.2, 0.25) is 0 Å². The number of hydrogen-bond acceptors (Lipinski definition) is 6. The van der Waals surface area contributed by atoms with Crippen LogP contribution in [0.15, 0.2) is 139 Å². The smallest absolute Gasteiger partial charge is 0.253 e. The molecule has 3 heterocycles. The minimum absolute atomic E-state index is 0.0730. The van der Waals surface area contributed by atoms with Crippen molar-refractivity contribution in [3.63, 3.8) is 0 Å². The summed E-state index contributed by atoms with van der Waals surface area (Å²) >= 11 is 1.71. The van der Waals surface area contributed by atoms with Crippen molar-refractivity contribution in [2.24, 2.45) is 0 Å². The highest BCUT2D eigenvalue weighted by molar-refractivity contribution is 7.10. The second kappa shape index (κ2) is 17.9. The van der Waals surface area contributed by atoms with Crippen LogP contribution >= 0.6 is 11.3 Å². The molecule has 2 saturated heterocycles. The van der Waals surface area contributed by atoms with Gasteiger partial charge in [-0.15, -0.1) is 11.3 Å². The van der Waals surface area contributed by atoms with Gasteiger partial charge in [-0.05, 0) is 103 Å². The van der Waals surface area contributed by atoms with Gasteiger partial charge >= 0.3 is 0 Å². The summed E-state index contributed by atoms with van der Waals surface area (Å²) in [7, 11) is 0. The van der Waals surface area contributed by atoms with Crippen molar-refractivity contribution in [3.05, 3.63) is 172 Å². The lowest BCUT2D eigenvalue weighted by atomic mass is 9.89. The first-order chi connectivity index (χ1) is 27.9. The predicted molar refractivity (Wildman–Crippen MR) is 230 cm³/mol. The third-order valence-electron chi connectivity index (χ3n) is 11.2. The van der Waals surface area contributed by atoms with Crippen LogP contribution in [0.3, 0.4) is 0 Å². The maximum atomic E-state index is 13.0. The number of likely N-dealkylation sites (tertiary alicyclic amines) is 1. The molecule has 290 valence electrons. The van der Waals surface area contributed by atoms with Gasteiger partial charge in [0.25, 0.3) is 11.8 Å². The number of anilines is 1. The molecule has 7 nitrogen and oxygen atoms in total. The Morgan fingerprint density at radius 2 is 1.33 bits per heavy atom. The van der Waals surface area contributed by atoms with Gasteiger partial charge in [-0.1, -0.05) is 84.4 Å². The number of benzene rings is 5. The number of aryl methyl sites for hydroxylation is 1. The van der Waals surface area contributed by atoms with E-state index in [-0.39, 0.29) is 17.9 Å². The van der Waals surface area contributed by atoms with Gasteiger partial charge in [-0.25, -0.2) is 0 Å². The Hall–Kier alpha value is -5.86. The van der Waals surface area contributed by atoms with Crippen molar-refractivity contribution in [2.45, 2.75) is 57.8 Å². The summed E-state index contributed by atoms with van der Waals surface area (Å²) in [5, 5.41) is 5.32. The normalized spacial score (nSPS) is 15.0.